The minimum atomic E-state index is 0.347. The van der Waals surface area contributed by atoms with Crippen LogP contribution in [0.25, 0.3) is 0 Å². The third-order valence-corrected chi connectivity index (χ3v) is 2.28. The van der Waals surface area contributed by atoms with Crippen molar-refractivity contribution in [3.63, 3.8) is 0 Å². The lowest BCUT2D eigenvalue weighted by Crippen LogP contribution is -2.21. The Hall–Kier alpha value is -1.32. The van der Waals surface area contributed by atoms with Gasteiger partial charge in [-0.25, -0.2) is 4.98 Å². The predicted octanol–water partition coefficient (Wildman–Crippen LogP) is 0.905. The van der Waals surface area contributed by atoms with Crippen molar-refractivity contribution >= 4 is 11.8 Å². The number of anilines is 2. The molecule has 70 valence electrons. The lowest BCUT2D eigenvalue weighted by molar-refractivity contribution is 0.776. The van der Waals surface area contributed by atoms with Crippen LogP contribution in [0.4, 0.5) is 11.8 Å². The van der Waals surface area contributed by atoms with Gasteiger partial charge in [-0.15, -0.1) is 0 Å². The van der Waals surface area contributed by atoms with Crippen LogP contribution in [0.2, 0.25) is 0 Å². The molecule has 2 N–H and O–H groups in total. The highest BCUT2D eigenvalue weighted by Crippen LogP contribution is 2.30. The summed E-state index contributed by atoms with van der Waals surface area (Å²) in [6.45, 7) is 1.08. The summed E-state index contributed by atoms with van der Waals surface area (Å²) in [6, 6.07) is 1.89. The van der Waals surface area contributed by atoms with Gasteiger partial charge in [-0.2, -0.15) is 4.98 Å². The van der Waals surface area contributed by atoms with Crippen molar-refractivity contribution < 1.29 is 0 Å². The van der Waals surface area contributed by atoms with Crippen molar-refractivity contribution in [3.05, 3.63) is 12.3 Å². The largest absolute Gasteiger partial charge is 0.368 e. The van der Waals surface area contributed by atoms with Gasteiger partial charge >= 0.3 is 0 Å². The lowest BCUT2D eigenvalue weighted by Gasteiger charge is -2.17. The Morgan fingerprint density at radius 3 is 3.00 bits per heavy atom. The Balaban J connectivity index is 2.04. The molecule has 0 atom stereocenters. The molecule has 13 heavy (non-hydrogen) atoms. The molecule has 1 aliphatic rings. The van der Waals surface area contributed by atoms with Gasteiger partial charge in [0.2, 0.25) is 5.95 Å². The summed E-state index contributed by atoms with van der Waals surface area (Å²) in [5.41, 5.74) is 5.49. The van der Waals surface area contributed by atoms with Gasteiger partial charge < -0.3 is 10.6 Å². The van der Waals surface area contributed by atoms with Crippen LogP contribution in [0.15, 0.2) is 12.3 Å². The predicted molar refractivity (Wildman–Crippen MR) is 52.4 cm³/mol. The number of rotatable bonds is 3. The summed E-state index contributed by atoms with van der Waals surface area (Å²) in [6.07, 6.45) is 4.40. The first kappa shape index (κ1) is 8.29. The van der Waals surface area contributed by atoms with E-state index in [1.54, 1.807) is 6.20 Å². The molecule has 1 aliphatic carbocycles. The van der Waals surface area contributed by atoms with E-state index in [1.807, 2.05) is 13.1 Å². The van der Waals surface area contributed by atoms with Crippen LogP contribution in [-0.4, -0.2) is 23.6 Å². The summed E-state index contributed by atoms with van der Waals surface area (Å²) in [5.74, 6) is 2.13. The highest BCUT2D eigenvalue weighted by molar-refractivity contribution is 5.40. The van der Waals surface area contributed by atoms with Gasteiger partial charge in [0.1, 0.15) is 5.82 Å². The van der Waals surface area contributed by atoms with Crippen molar-refractivity contribution in [2.75, 3.05) is 24.2 Å². The molecule has 4 heteroatoms. The van der Waals surface area contributed by atoms with Crippen LogP contribution in [0.1, 0.15) is 12.8 Å². The van der Waals surface area contributed by atoms with Crippen LogP contribution >= 0.6 is 0 Å². The summed E-state index contributed by atoms with van der Waals surface area (Å²) in [5, 5.41) is 0. The second kappa shape index (κ2) is 3.20. The third kappa shape index (κ3) is 2.08. The third-order valence-electron chi connectivity index (χ3n) is 2.28. The molecule has 1 aromatic heterocycles. The summed E-state index contributed by atoms with van der Waals surface area (Å²) in [4.78, 5) is 10.1. The summed E-state index contributed by atoms with van der Waals surface area (Å²) >= 11 is 0. The van der Waals surface area contributed by atoms with Gasteiger partial charge in [-0.1, -0.05) is 0 Å². The van der Waals surface area contributed by atoms with Gasteiger partial charge in [0, 0.05) is 19.8 Å². The van der Waals surface area contributed by atoms with E-state index in [0.29, 0.717) is 5.95 Å². The van der Waals surface area contributed by atoms with Crippen LogP contribution in [0.3, 0.4) is 0 Å². The highest BCUT2D eigenvalue weighted by Gasteiger charge is 2.23. The van der Waals surface area contributed by atoms with Gasteiger partial charge in [0.25, 0.3) is 0 Å². The second-order valence-electron chi connectivity index (χ2n) is 3.60. The topological polar surface area (TPSA) is 55.0 Å². The van der Waals surface area contributed by atoms with Crippen LogP contribution < -0.4 is 10.6 Å². The summed E-state index contributed by atoms with van der Waals surface area (Å²) < 4.78 is 0. The number of nitrogens with zero attached hydrogens (tertiary/aromatic N) is 3. The van der Waals surface area contributed by atoms with Crippen molar-refractivity contribution in [1.29, 1.82) is 0 Å². The van der Waals surface area contributed by atoms with Crippen molar-refractivity contribution in [3.8, 4) is 0 Å². The van der Waals surface area contributed by atoms with E-state index in [-0.39, 0.29) is 0 Å². The van der Waals surface area contributed by atoms with Crippen molar-refractivity contribution in [1.82, 2.24) is 9.97 Å². The first-order valence-electron chi connectivity index (χ1n) is 4.55. The van der Waals surface area contributed by atoms with Gasteiger partial charge in [-0.05, 0) is 24.8 Å². The quantitative estimate of drug-likeness (QED) is 0.747. The molecule has 0 radical (unpaired) electrons. The Morgan fingerprint density at radius 2 is 2.38 bits per heavy atom. The monoisotopic (exact) mass is 178 g/mol. The van der Waals surface area contributed by atoms with Crippen molar-refractivity contribution in [2.45, 2.75) is 12.8 Å². The second-order valence-corrected chi connectivity index (χ2v) is 3.60. The minimum absolute atomic E-state index is 0.347. The molecule has 0 spiro atoms. The fourth-order valence-electron chi connectivity index (χ4n) is 1.36. The number of hydrogen-bond acceptors (Lipinski definition) is 4. The molecule has 4 nitrogen and oxygen atoms in total. The van der Waals surface area contributed by atoms with E-state index in [4.69, 9.17) is 5.73 Å². The minimum Gasteiger partial charge on any atom is -0.368 e. The van der Waals surface area contributed by atoms with E-state index in [0.717, 1.165) is 18.3 Å². The van der Waals surface area contributed by atoms with E-state index >= 15 is 0 Å². The zero-order chi connectivity index (χ0) is 9.26. The first-order chi connectivity index (χ1) is 6.25. The molecule has 0 aromatic carbocycles. The maximum Gasteiger partial charge on any atom is 0.221 e. The van der Waals surface area contributed by atoms with Crippen LogP contribution in [0.5, 0.6) is 0 Å². The average molecular weight is 178 g/mol. The van der Waals surface area contributed by atoms with Gasteiger partial charge in [0.05, 0.1) is 0 Å². The normalized spacial score (nSPS) is 15.8. The van der Waals surface area contributed by atoms with Crippen molar-refractivity contribution in [2.24, 2.45) is 5.92 Å². The standard InChI is InChI=1S/C9H14N4/c1-13(6-7-2-3-7)8-4-5-11-9(10)12-8/h4-5,7H,2-3,6H2,1H3,(H2,10,11,12). The Bertz CT molecular complexity index is 295. The molecule has 0 saturated heterocycles. The maximum atomic E-state index is 5.49. The first-order valence-corrected chi connectivity index (χ1v) is 4.55. The van der Waals surface area contributed by atoms with Gasteiger partial charge in [-0.3, -0.25) is 0 Å². The average Bonchev–Trinajstić information content (AvgIpc) is 2.88. The van der Waals surface area contributed by atoms with E-state index < -0.39 is 0 Å². The fraction of sp³-hybridized carbons (Fsp3) is 0.556. The highest BCUT2D eigenvalue weighted by atomic mass is 15.2. The SMILES string of the molecule is CN(CC1CC1)c1ccnc(N)n1. The summed E-state index contributed by atoms with van der Waals surface area (Å²) in [7, 11) is 2.04. The molecular formula is C9H14N4. The van der Waals surface area contributed by atoms with Crippen LogP contribution in [-0.2, 0) is 0 Å². The zero-order valence-corrected chi connectivity index (χ0v) is 7.77. The molecule has 1 heterocycles. The molecule has 0 bridgehead atoms. The number of aromatic nitrogens is 2. The molecule has 0 unspecified atom stereocenters. The zero-order valence-electron chi connectivity index (χ0n) is 7.77. The van der Waals surface area contributed by atoms with E-state index in [9.17, 15) is 0 Å². The lowest BCUT2D eigenvalue weighted by atomic mass is 10.4. The van der Waals surface area contributed by atoms with E-state index in [2.05, 4.69) is 14.9 Å². The van der Waals surface area contributed by atoms with E-state index in [1.165, 1.54) is 12.8 Å². The number of nitrogens with two attached hydrogens (primary N) is 1. The molecule has 1 aromatic rings. The molecule has 1 saturated carbocycles. The molecule has 1 fully saturated rings. The Kier molecular flexibility index (Phi) is 2.04. The molecule has 0 amide bonds. The number of nitrogen functional groups attached to an aromatic ring is 1. The van der Waals surface area contributed by atoms with Gasteiger partial charge in [0.15, 0.2) is 0 Å². The van der Waals surface area contributed by atoms with Crippen LogP contribution in [0, 0.1) is 5.92 Å². The number of hydrogen-bond donors (Lipinski definition) is 1. The molecule has 0 aliphatic heterocycles. The smallest absolute Gasteiger partial charge is 0.221 e. The molecular weight excluding hydrogens is 164 g/mol. The Labute approximate surface area is 77.8 Å². The maximum absolute atomic E-state index is 5.49. The Morgan fingerprint density at radius 1 is 1.62 bits per heavy atom. The fourth-order valence-corrected chi connectivity index (χ4v) is 1.36. The molecule has 2 rings (SSSR count).